The van der Waals surface area contributed by atoms with E-state index in [0.29, 0.717) is 24.0 Å². The Balaban J connectivity index is 2.04. The van der Waals surface area contributed by atoms with Crippen LogP contribution in [0.5, 0.6) is 0 Å². The Bertz CT molecular complexity index is 945. The predicted molar refractivity (Wildman–Crippen MR) is 86.1 cm³/mol. The molecule has 0 saturated carbocycles. The smallest absolute Gasteiger partial charge is 0.329 e. The summed E-state index contributed by atoms with van der Waals surface area (Å²) in [6.07, 6.45) is 1.89. The number of aliphatic carboxylic acids is 1. The maximum atomic E-state index is 12.8. The second-order valence-electron chi connectivity index (χ2n) is 6.16. The van der Waals surface area contributed by atoms with Gasteiger partial charge in [0, 0.05) is 12.1 Å². The molecule has 1 unspecified atom stereocenters. The van der Waals surface area contributed by atoms with E-state index in [-0.39, 0.29) is 5.56 Å². The average molecular weight is 331 g/mol. The lowest BCUT2D eigenvalue weighted by Crippen LogP contribution is -2.57. The number of piperidine rings is 1. The van der Waals surface area contributed by atoms with Crippen molar-refractivity contribution in [3.8, 4) is 0 Å². The first kappa shape index (κ1) is 16.0. The molecule has 8 nitrogen and oxygen atoms in total. The molecule has 126 valence electrons. The summed E-state index contributed by atoms with van der Waals surface area (Å²) >= 11 is 0. The third-order valence-corrected chi connectivity index (χ3v) is 4.57. The number of carbonyl (C=O) groups excluding carboxylic acids is 1. The number of aromatic nitrogens is 2. The lowest BCUT2D eigenvalue weighted by molar-refractivity contribution is -0.150. The fourth-order valence-electron chi connectivity index (χ4n) is 3.07. The van der Waals surface area contributed by atoms with Crippen LogP contribution in [0.25, 0.3) is 11.0 Å². The molecule has 1 aromatic heterocycles. The van der Waals surface area contributed by atoms with Gasteiger partial charge in [-0.25, -0.2) is 4.79 Å². The first-order chi connectivity index (χ1) is 11.3. The van der Waals surface area contributed by atoms with Gasteiger partial charge in [-0.1, -0.05) is 0 Å². The summed E-state index contributed by atoms with van der Waals surface area (Å²) in [7, 11) is 0. The first-order valence-corrected chi connectivity index (χ1v) is 7.65. The number of amides is 1. The topological polar surface area (TPSA) is 123 Å². The summed E-state index contributed by atoms with van der Waals surface area (Å²) in [5, 5.41) is 9.52. The average Bonchev–Trinajstić information content (AvgIpc) is 2.55. The van der Waals surface area contributed by atoms with E-state index in [1.807, 2.05) is 0 Å². The highest BCUT2D eigenvalue weighted by Gasteiger charge is 2.44. The Morgan fingerprint density at radius 2 is 1.79 bits per heavy atom. The minimum atomic E-state index is -1.25. The fraction of sp³-hybridized carbons (Fsp3) is 0.375. The van der Waals surface area contributed by atoms with E-state index in [4.69, 9.17) is 0 Å². The van der Waals surface area contributed by atoms with Crippen molar-refractivity contribution in [2.45, 2.75) is 31.7 Å². The SMILES string of the molecule is CC1(C(=O)O)CCCCN1C(=O)c1ccc2[nH]c(=O)c(=O)[nH]c2c1. The van der Waals surface area contributed by atoms with Crippen LogP contribution in [0.15, 0.2) is 27.8 Å². The number of nitrogens with zero attached hydrogens (tertiary/aromatic N) is 1. The number of fused-ring (bicyclic) bond motifs is 1. The molecule has 1 amide bonds. The summed E-state index contributed by atoms with van der Waals surface area (Å²) in [6.45, 7) is 1.91. The van der Waals surface area contributed by atoms with E-state index < -0.39 is 28.5 Å². The van der Waals surface area contributed by atoms with E-state index in [0.717, 1.165) is 12.8 Å². The summed E-state index contributed by atoms with van der Waals surface area (Å²) in [5.41, 5.74) is -1.84. The number of aromatic amines is 2. The third kappa shape index (κ3) is 2.49. The number of H-pyrrole nitrogens is 2. The molecule has 1 saturated heterocycles. The fourth-order valence-corrected chi connectivity index (χ4v) is 3.07. The maximum Gasteiger partial charge on any atom is 0.329 e. The van der Waals surface area contributed by atoms with Crippen LogP contribution in [0.2, 0.25) is 0 Å². The highest BCUT2D eigenvalue weighted by Crippen LogP contribution is 2.30. The molecule has 1 aliphatic heterocycles. The first-order valence-electron chi connectivity index (χ1n) is 7.65. The highest BCUT2D eigenvalue weighted by molar-refractivity contribution is 6.00. The zero-order valence-corrected chi connectivity index (χ0v) is 13.1. The number of likely N-dealkylation sites (tertiary alicyclic amines) is 1. The number of nitrogens with one attached hydrogen (secondary N) is 2. The van der Waals surface area contributed by atoms with Crippen molar-refractivity contribution in [2.75, 3.05) is 6.54 Å². The maximum absolute atomic E-state index is 12.8. The summed E-state index contributed by atoms with van der Waals surface area (Å²) in [4.78, 5) is 53.4. The molecular formula is C16H17N3O5. The number of carbonyl (C=O) groups is 2. The van der Waals surface area contributed by atoms with Crippen LogP contribution in [-0.2, 0) is 4.79 Å². The molecule has 1 aromatic carbocycles. The number of benzene rings is 1. The summed E-state index contributed by atoms with van der Waals surface area (Å²) in [6, 6.07) is 4.48. The lowest BCUT2D eigenvalue weighted by atomic mass is 9.88. The van der Waals surface area contributed by atoms with E-state index in [2.05, 4.69) is 9.97 Å². The standard InChI is InChI=1S/C16H17N3O5/c1-16(15(23)24)6-2-3-7-19(16)14(22)9-4-5-10-11(8-9)18-13(21)12(20)17-10/h4-5,8H,2-3,6-7H2,1H3,(H,17,20)(H,18,21)(H,23,24). The highest BCUT2D eigenvalue weighted by atomic mass is 16.4. The number of hydrogen-bond donors (Lipinski definition) is 3. The Morgan fingerprint density at radius 1 is 1.12 bits per heavy atom. The van der Waals surface area contributed by atoms with Gasteiger partial charge in [0.1, 0.15) is 5.54 Å². The second-order valence-corrected chi connectivity index (χ2v) is 6.16. The Morgan fingerprint density at radius 3 is 2.46 bits per heavy atom. The van der Waals surface area contributed by atoms with Gasteiger partial charge in [-0.15, -0.1) is 0 Å². The van der Waals surface area contributed by atoms with Gasteiger partial charge in [0.2, 0.25) is 0 Å². The van der Waals surface area contributed by atoms with E-state index in [1.165, 1.54) is 23.1 Å². The molecule has 3 N–H and O–H groups in total. The molecule has 1 aliphatic rings. The van der Waals surface area contributed by atoms with Crippen LogP contribution >= 0.6 is 0 Å². The normalized spacial score (nSPS) is 21.0. The molecule has 1 fully saturated rings. The van der Waals surface area contributed by atoms with Gasteiger partial charge in [-0.3, -0.25) is 14.4 Å². The monoisotopic (exact) mass is 331 g/mol. The minimum Gasteiger partial charge on any atom is -0.480 e. The number of carboxylic acid groups (broad SMARTS) is 1. The Hall–Kier alpha value is -2.90. The summed E-state index contributed by atoms with van der Waals surface area (Å²) < 4.78 is 0. The van der Waals surface area contributed by atoms with Gasteiger partial charge in [-0.2, -0.15) is 0 Å². The van der Waals surface area contributed by atoms with Crippen LogP contribution in [0.1, 0.15) is 36.5 Å². The van der Waals surface area contributed by atoms with Crippen LogP contribution < -0.4 is 11.1 Å². The molecule has 0 radical (unpaired) electrons. The van der Waals surface area contributed by atoms with E-state index in [1.54, 1.807) is 6.92 Å². The van der Waals surface area contributed by atoms with Crippen molar-refractivity contribution in [1.29, 1.82) is 0 Å². The van der Waals surface area contributed by atoms with Crippen LogP contribution in [-0.4, -0.2) is 43.9 Å². The van der Waals surface area contributed by atoms with Crippen molar-refractivity contribution < 1.29 is 14.7 Å². The van der Waals surface area contributed by atoms with Crippen molar-refractivity contribution in [3.63, 3.8) is 0 Å². The minimum absolute atomic E-state index is 0.263. The molecule has 0 aliphatic carbocycles. The number of carboxylic acids is 1. The molecule has 8 heteroatoms. The number of hydrogen-bond acceptors (Lipinski definition) is 4. The van der Waals surface area contributed by atoms with Crippen LogP contribution in [0, 0.1) is 0 Å². The molecule has 0 spiro atoms. The Kier molecular flexibility index (Phi) is 3.75. The Labute approximate surface area is 136 Å². The molecule has 3 rings (SSSR count). The molecular weight excluding hydrogens is 314 g/mol. The molecule has 2 aromatic rings. The van der Waals surface area contributed by atoms with E-state index >= 15 is 0 Å². The van der Waals surface area contributed by atoms with Gasteiger partial charge in [0.15, 0.2) is 0 Å². The van der Waals surface area contributed by atoms with Crippen molar-refractivity contribution in [2.24, 2.45) is 0 Å². The third-order valence-electron chi connectivity index (χ3n) is 4.57. The quantitative estimate of drug-likeness (QED) is 0.698. The zero-order valence-electron chi connectivity index (χ0n) is 13.1. The number of rotatable bonds is 2. The van der Waals surface area contributed by atoms with Gasteiger partial charge in [-0.05, 0) is 44.4 Å². The second kappa shape index (κ2) is 5.63. The van der Waals surface area contributed by atoms with Gasteiger partial charge in [0.25, 0.3) is 5.91 Å². The van der Waals surface area contributed by atoms with Gasteiger partial charge >= 0.3 is 17.1 Å². The van der Waals surface area contributed by atoms with Crippen LogP contribution in [0.4, 0.5) is 0 Å². The predicted octanol–water partition coefficient (Wildman–Crippen LogP) is 0.686. The lowest BCUT2D eigenvalue weighted by Gasteiger charge is -2.41. The summed E-state index contributed by atoms with van der Waals surface area (Å²) in [5.74, 6) is -1.44. The van der Waals surface area contributed by atoms with Crippen molar-refractivity contribution >= 4 is 22.9 Å². The molecule has 2 heterocycles. The molecule has 1 atom stereocenters. The molecule has 24 heavy (non-hydrogen) atoms. The van der Waals surface area contributed by atoms with Crippen LogP contribution in [0.3, 0.4) is 0 Å². The van der Waals surface area contributed by atoms with E-state index in [9.17, 15) is 24.3 Å². The largest absolute Gasteiger partial charge is 0.480 e. The van der Waals surface area contributed by atoms with Crippen molar-refractivity contribution in [1.82, 2.24) is 14.9 Å². The van der Waals surface area contributed by atoms with Gasteiger partial charge in [0.05, 0.1) is 11.0 Å². The van der Waals surface area contributed by atoms with Gasteiger partial charge < -0.3 is 20.0 Å². The van der Waals surface area contributed by atoms with Crippen molar-refractivity contribution in [3.05, 3.63) is 44.5 Å². The molecule has 0 bridgehead atoms. The zero-order chi connectivity index (χ0) is 17.5.